The topological polar surface area (TPSA) is 83.4 Å². The van der Waals surface area contributed by atoms with E-state index >= 15 is 0 Å². The van der Waals surface area contributed by atoms with E-state index in [4.69, 9.17) is 5.21 Å². The fraction of sp³-hybridized carbons (Fsp3) is 0.273. The van der Waals surface area contributed by atoms with Crippen LogP contribution >= 0.6 is 0 Å². The summed E-state index contributed by atoms with van der Waals surface area (Å²) in [4.78, 5) is 24.5. The van der Waals surface area contributed by atoms with Gasteiger partial charge in [-0.1, -0.05) is 32.9 Å². The third-order valence-electron chi connectivity index (χ3n) is 4.90. The minimum absolute atomic E-state index is 0.150. The van der Waals surface area contributed by atoms with E-state index < -0.39 is 5.91 Å². The van der Waals surface area contributed by atoms with Crippen molar-refractivity contribution in [1.82, 2.24) is 15.4 Å². The fourth-order valence-electron chi connectivity index (χ4n) is 3.33. The van der Waals surface area contributed by atoms with Crippen LogP contribution < -0.4 is 10.8 Å². The van der Waals surface area contributed by atoms with Gasteiger partial charge in [-0.15, -0.1) is 0 Å². The lowest BCUT2D eigenvalue weighted by atomic mass is 9.82. The molecule has 0 saturated heterocycles. The molecular weight excluding hydrogens is 354 g/mol. The summed E-state index contributed by atoms with van der Waals surface area (Å²) in [6.45, 7) is 6.14. The molecule has 1 aromatic heterocycles. The number of aromatic nitrogens is 1. The highest BCUT2D eigenvalue weighted by molar-refractivity contribution is 5.98. The Labute approximate surface area is 164 Å². The molecule has 28 heavy (non-hydrogen) atoms. The highest BCUT2D eigenvalue weighted by Gasteiger charge is 2.28. The summed E-state index contributed by atoms with van der Waals surface area (Å²) in [5, 5.41) is 12.9. The summed E-state index contributed by atoms with van der Waals surface area (Å²) in [7, 11) is 1.97. The van der Waals surface area contributed by atoms with Crippen molar-refractivity contribution >= 4 is 22.7 Å². The highest BCUT2D eigenvalue weighted by atomic mass is 16.5. The molecule has 6 nitrogen and oxygen atoms in total. The summed E-state index contributed by atoms with van der Waals surface area (Å²) in [5.74, 6) is -0.720. The van der Waals surface area contributed by atoms with Crippen LogP contribution in [0.1, 0.15) is 53.1 Å². The summed E-state index contributed by atoms with van der Waals surface area (Å²) in [6.07, 6.45) is 1.97. The van der Waals surface area contributed by atoms with Crippen LogP contribution in [-0.2, 0) is 7.05 Å². The standard InChI is InChI=1S/C22H25N3O3/c1-22(2,3)19(14-5-7-15(8-6-14)21(27)24-28)23-20(26)17-9-10-18-16(13-17)11-12-25(18)4/h5-13,19,28H,1-4H3,(H,23,26)(H,24,27). The monoisotopic (exact) mass is 379 g/mol. The van der Waals surface area contributed by atoms with E-state index in [1.807, 2.05) is 62.8 Å². The molecule has 0 spiro atoms. The summed E-state index contributed by atoms with van der Waals surface area (Å²) < 4.78 is 2.01. The van der Waals surface area contributed by atoms with E-state index in [2.05, 4.69) is 5.32 Å². The lowest BCUT2D eigenvalue weighted by Crippen LogP contribution is -2.36. The largest absolute Gasteiger partial charge is 0.351 e. The van der Waals surface area contributed by atoms with Gasteiger partial charge in [0.1, 0.15) is 0 Å². The van der Waals surface area contributed by atoms with Gasteiger partial charge in [0.05, 0.1) is 6.04 Å². The maximum atomic E-state index is 12.9. The Balaban J connectivity index is 1.87. The Morgan fingerprint density at radius 2 is 1.61 bits per heavy atom. The van der Waals surface area contributed by atoms with Crippen LogP contribution in [0.25, 0.3) is 10.9 Å². The van der Waals surface area contributed by atoms with E-state index in [1.165, 1.54) is 0 Å². The van der Waals surface area contributed by atoms with Gasteiger partial charge in [0.2, 0.25) is 0 Å². The lowest BCUT2D eigenvalue weighted by Gasteiger charge is -2.32. The Morgan fingerprint density at radius 1 is 0.964 bits per heavy atom. The van der Waals surface area contributed by atoms with Crippen LogP contribution in [0.15, 0.2) is 54.7 Å². The predicted octanol–water partition coefficient (Wildman–Crippen LogP) is 3.81. The third kappa shape index (κ3) is 3.92. The number of hydroxylamine groups is 1. The average Bonchev–Trinajstić information content (AvgIpc) is 3.05. The van der Waals surface area contributed by atoms with Crippen molar-refractivity contribution in [2.24, 2.45) is 12.5 Å². The van der Waals surface area contributed by atoms with Gasteiger partial charge in [0, 0.05) is 35.3 Å². The maximum absolute atomic E-state index is 12.9. The molecule has 6 heteroatoms. The van der Waals surface area contributed by atoms with Crippen LogP contribution in [0.2, 0.25) is 0 Å². The van der Waals surface area contributed by atoms with Gasteiger partial charge in [0.25, 0.3) is 11.8 Å². The molecule has 146 valence electrons. The zero-order valence-electron chi connectivity index (χ0n) is 16.5. The van der Waals surface area contributed by atoms with Crippen LogP contribution in [0.3, 0.4) is 0 Å². The first-order valence-electron chi connectivity index (χ1n) is 9.11. The predicted molar refractivity (Wildman–Crippen MR) is 108 cm³/mol. The second kappa shape index (κ2) is 7.48. The lowest BCUT2D eigenvalue weighted by molar-refractivity contribution is 0.0706. The SMILES string of the molecule is Cn1ccc2cc(C(=O)NC(c3ccc(C(=O)NO)cc3)C(C)(C)C)ccc21. The number of fused-ring (bicyclic) bond motifs is 1. The molecule has 0 aliphatic carbocycles. The van der Waals surface area contributed by atoms with Crippen molar-refractivity contribution < 1.29 is 14.8 Å². The van der Waals surface area contributed by atoms with Gasteiger partial charge in [0.15, 0.2) is 0 Å². The van der Waals surface area contributed by atoms with Gasteiger partial charge in [-0.2, -0.15) is 0 Å². The van der Waals surface area contributed by atoms with E-state index in [-0.39, 0.29) is 17.4 Å². The Morgan fingerprint density at radius 3 is 2.21 bits per heavy atom. The smallest absolute Gasteiger partial charge is 0.274 e. The van der Waals surface area contributed by atoms with Crippen molar-refractivity contribution in [2.45, 2.75) is 26.8 Å². The molecule has 0 saturated carbocycles. The van der Waals surface area contributed by atoms with E-state index in [0.29, 0.717) is 11.1 Å². The van der Waals surface area contributed by atoms with Gasteiger partial charge in [-0.05, 0) is 47.4 Å². The van der Waals surface area contributed by atoms with Gasteiger partial charge < -0.3 is 9.88 Å². The van der Waals surface area contributed by atoms with Crippen molar-refractivity contribution in [3.63, 3.8) is 0 Å². The number of benzene rings is 2. The molecule has 0 bridgehead atoms. The van der Waals surface area contributed by atoms with Gasteiger partial charge in [-0.25, -0.2) is 5.48 Å². The molecule has 3 N–H and O–H groups in total. The number of nitrogens with one attached hydrogen (secondary N) is 2. The number of hydrogen-bond donors (Lipinski definition) is 3. The number of carbonyl (C=O) groups excluding carboxylic acids is 2. The zero-order valence-corrected chi connectivity index (χ0v) is 16.5. The molecule has 3 rings (SSSR count). The molecule has 0 aliphatic rings. The van der Waals surface area contributed by atoms with Crippen LogP contribution in [0.4, 0.5) is 0 Å². The quantitative estimate of drug-likeness (QED) is 0.476. The normalized spacial score (nSPS) is 12.6. The number of carbonyl (C=O) groups is 2. The molecule has 1 atom stereocenters. The van der Waals surface area contributed by atoms with E-state index in [1.54, 1.807) is 29.7 Å². The molecule has 2 amide bonds. The molecular formula is C22H25N3O3. The fourth-order valence-corrected chi connectivity index (χ4v) is 3.33. The number of hydrogen-bond acceptors (Lipinski definition) is 3. The summed E-state index contributed by atoms with van der Waals surface area (Å²) in [5.41, 5.74) is 4.28. The number of rotatable bonds is 4. The van der Waals surface area contributed by atoms with E-state index in [9.17, 15) is 9.59 Å². The average molecular weight is 379 g/mol. The summed E-state index contributed by atoms with van der Waals surface area (Å²) in [6, 6.07) is 14.2. The van der Waals surface area contributed by atoms with Crippen LogP contribution in [0.5, 0.6) is 0 Å². The van der Waals surface area contributed by atoms with Crippen molar-refractivity contribution in [3.05, 3.63) is 71.4 Å². The molecule has 0 radical (unpaired) electrons. The second-order valence-electron chi connectivity index (χ2n) is 8.04. The third-order valence-corrected chi connectivity index (χ3v) is 4.90. The number of aryl methyl sites for hydroxylation is 1. The molecule has 1 heterocycles. The molecule has 3 aromatic rings. The highest BCUT2D eigenvalue weighted by Crippen LogP contribution is 2.33. The van der Waals surface area contributed by atoms with Crippen molar-refractivity contribution in [1.29, 1.82) is 0 Å². The number of nitrogens with zero attached hydrogens (tertiary/aromatic N) is 1. The minimum atomic E-state index is -0.570. The zero-order chi connectivity index (χ0) is 20.5. The van der Waals surface area contributed by atoms with Crippen LogP contribution in [0, 0.1) is 5.41 Å². The van der Waals surface area contributed by atoms with Gasteiger partial charge in [-0.3, -0.25) is 14.8 Å². The van der Waals surface area contributed by atoms with Crippen molar-refractivity contribution in [2.75, 3.05) is 0 Å². The molecule has 2 aromatic carbocycles. The Hall–Kier alpha value is -3.12. The van der Waals surface area contributed by atoms with Crippen molar-refractivity contribution in [3.8, 4) is 0 Å². The maximum Gasteiger partial charge on any atom is 0.274 e. The molecule has 1 unspecified atom stereocenters. The van der Waals surface area contributed by atoms with E-state index in [0.717, 1.165) is 16.5 Å². The second-order valence-corrected chi connectivity index (χ2v) is 8.04. The first-order valence-corrected chi connectivity index (χ1v) is 9.11. The minimum Gasteiger partial charge on any atom is -0.351 e. The Bertz CT molecular complexity index is 1010. The van der Waals surface area contributed by atoms with Gasteiger partial charge >= 0.3 is 0 Å². The molecule has 0 aliphatic heterocycles. The summed E-state index contributed by atoms with van der Waals surface area (Å²) >= 11 is 0. The first kappa shape index (κ1) is 19.6. The number of amides is 2. The Kier molecular flexibility index (Phi) is 5.25. The first-order chi connectivity index (χ1) is 13.2. The molecule has 0 fully saturated rings. The van der Waals surface area contributed by atoms with Crippen LogP contribution in [-0.4, -0.2) is 21.6 Å².